The number of halogens is 1. The molecule has 16 heavy (non-hydrogen) atoms. The van der Waals surface area contributed by atoms with E-state index in [4.69, 9.17) is 5.73 Å². The van der Waals surface area contributed by atoms with Crippen LogP contribution in [0.3, 0.4) is 0 Å². The number of nitrogen functional groups attached to an aromatic ring is 1. The molecule has 0 saturated heterocycles. The van der Waals surface area contributed by atoms with Crippen LogP contribution in [-0.4, -0.2) is 21.8 Å². The largest absolute Gasteiger partial charge is 0.399 e. The van der Waals surface area contributed by atoms with Crippen LogP contribution in [0.4, 0.5) is 11.6 Å². The summed E-state index contributed by atoms with van der Waals surface area (Å²) in [6, 6.07) is 5.67. The second-order valence-electron chi connectivity index (χ2n) is 3.43. The van der Waals surface area contributed by atoms with Crippen LogP contribution in [0.15, 0.2) is 22.7 Å². The number of nitrogens with two attached hydrogens (primary N) is 1. The molecule has 0 aliphatic carbocycles. The fourth-order valence-electron chi connectivity index (χ4n) is 1.54. The molecule has 2 rings (SSSR count). The SMILES string of the molecule is CNc1nnc(-c2cc(N)cc(Br)c2)n1C. The van der Waals surface area contributed by atoms with Crippen LogP contribution in [0, 0.1) is 0 Å². The lowest BCUT2D eigenvalue weighted by atomic mass is 10.2. The second-order valence-corrected chi connectivity index (χ2v) is 4.35. The van der Waals surface area contributed by atoms with Gasteiger partial charge in [-0.15, -0.1) is 10.2 Å². The third kappa shape index (κ3) is 1.88. The molecule has 0 unspecified atom stereocenters. The van der Waals surface area contributed by atoms with Gasteiger partial charge in [0.15, 0.2) is 5.82 Å². The summed E-state index contributed by atoms with van der Waals surface area (Å²) in [6.45, 7) is 0. The fraction of sp³-hybridized carbons (Fsp3) is 0.200. The Morgan fingerprint density at radius 1 is 1.31 bits per heavy atom. The number of rotatable bonds is 2. The van der Waals surface area contributed by atoms with E-state index in [1.165, 1.54) is 0 Å². The predicted molar refractivity (Wildman–Crippen MR) is 68.1 cm³/mol. The molecule has 6 heteroatoms. The molecule has 5 nitrogen and oxygen atoms in total. The highest BCUT2D eigenvalue weighted by Crippen LogP contribution is 2.25. The monoisotopic (exact) mass is 281 g/mol. The Labute approximate surface area is 102 Å². The van der Waals surface area contributed by atoms with Gasteiger partial charge in [-0.3, -0.25) is 4.57 Å². The Balaban J connectivity index is 2.54. The summed E-state index contributed by atoms with van der Waals surface area (Å²) < 4.78 is 2.80. The van der Waals surface area contributed by atoms with Gasteiger partial charge in [-0.25, -0.2) is 0 Å². The lowest BCUT2D eigenvalue weighted by Crippen LogP contribution is -2.00. The number of aromatic nitrogens is 3. The van der Waals surface area contributed by atoms with E-state index < -0.39 is 0 Å². The van der Waals surface area contributed by atoms with Crippen molar-refractivity contribution in [2.45, 2.75) is 0 Å². The quantitative estimate of drug-likeness (QED) is 0.825. The van der Waals surface area contributed by atoms with E-state index >= 15 is 0 Å². The Kier molecular flexibility index (Phi) is 2.82. The molecular formula is C10H12BrN5. The van der Waals surface area contributed by atoms with Crippen molar-refractivity contribution in [3.05, 3.63) is 22.7 Å². The van der Waals surface area contributed by atoms with Gasteiger partial charge in [-0.05, 0) is 18.2 Å². The summed E-state index contributed by atoms with van der Waals surface area (Å²) in [5.74, 6) is 1.49. The minimum Gasteiger partial charge on any atom is -0.399 e. The molecule has 0 aliphatic rings. The standard InChI is InChI=1S/C10H12BrN5/c1-13-10-15-14-9(16(10)2)6-3-7(11)5-8(12)4-6/h3-5H,12H2,1-2H3,(H,13,15). The van der Waals surface area contributed by atoms with Crippen molar-refractivity contribution in [3.63, 3.8) is 0 Å². The topological polar surface area (TPSA) is 68.8 Å². The van der Waals surface area contributed by atoms with Gasteiger partial charge in [-0.1, -0.05) is 15.9 Å². The van der Waals surface area contributed by atoms with Crippen LogP contribution in [0.2, 0.25) is 0 Å². The Bertz CT molecular complexity index is 500. The van der Waals surface area contributed by atoms with Gasteiger partial charge in [0.2, 0.25) is 5.95 Å². The first-order valence-electron chi connectivity index (χ1n) is 4.75. The number of anilines is 2. The zero-order valence-corrected chi connectivity index (χ0v) is 10.6. The maximum absolute atomic E-state index is 5.78. The summed E-state index contributed by atoms with van der Waals surface area (Å²) >= 11 is 3.41. The molecule has 0 aliphatic heterocycles. The smallest absolute Gasteiger partial charge is 0.224 e. The molecule has 2 aromatic rings. The van der Waals surface area contributed by atoms with Crippen molar-refractivity contribution in [1.29, 1.82) is 0 Å². The van der Waals surface area contributed by atoms with Crippen molar-refractivity contribution in [3.8, 4) is 11.4 Å². The van der Waals surface area contributed by atoms with Gasteiger partial charge >= 0.3 is 0 Å². The van der Waals surface area contributed by atoms with Crippen LogP contribution < -0.4 is 11.1 Å². The Morgan fingerprint density at radius 3 is 2.62 bits per heavy atom. The van der Waals surface area contributed by atoms with E-state index in [1.54, 1.807) is 0 Å². The minimum absolute atomic E-state index is 0.693. The molecule has 3 N–H and O–H groups in total. The number of hydrogen-bond donors (Lipinski definition) is 2. The highest BCUT2D eigenvalue weighted by atomic mass is 79.9. The second kappa shape index (κ2) is 4.13. The number of benzene rings is 1. The molecule has 1 heterocycles. The molecule has 0 spiro atoms. The zero-order valence-electron chi connectivity index (χ0n) is 9.03. The van der Waals surface area contributed by atoms with E-state index in [1.807, 2.05) is 36.9 Å². The van der Waals surface area contributed by atoms with Crippen LogP contribution in [0.25, 0.3) is 11.4 Å². The highest BCUT2D eigenvalue weighted by molar-refractivity contribution is 9.10. The van der Waals surface area contributed by atoms with Crippen LogP contribution in [0.1, 0.15) is 0 Å². The lowest BCUT2D eigenvalue weighted by Gasteiger charge is -2.04. The number of nitrogens with one attached hydrogen (secondary N) is 1. The van der Waals surface area contributed by atoms with Gasteiger partial charge < -0.3 is 11.1 Å². The average Bonchev–Trinajstić information content (AvgIpc) is 2.58. The molecule has 0 fully saturated rings. The van der Waals surface area contributed by atoms with Gasteiger partial charge in [0.1, 0.15) is 0 Å². The fourth-order valence-corrected chi connectivity index (χ4v) is 2.05. The maximum atomic E-state index is 5.78. The van der Waals surface area contributed by atoms with E-state index in [0.29, 0.717) is 11.6 Å². The molecular weight excluding hydrogens is 270 g/mol. The Hall–Kier alpha value is -1.56. The summed E-state index contributed by atoms with van der Waals surface area (Å²) in [7, 11) is 3.71. The highest BCUT2D eigenvalue weighted by Gasteiger charge is 2.10. The van der Waals surface area contributed by atoms with Gasteiger partial charge in [0.25, 0.3) is 0 Å². The molecule has 84 valence electrons. The van der Waals surface area contributed by atoms with Crippen molar-refractivity contribution in [2.24, 2.45) is 7.05 Å². The molecule has 0 bridgehead atoms. The van der Waals surface area contributed by atoms with E-state index in [-0.39, 0.29) is 0 Å². The number of nitrogens with zero attached hydrogens (tertiary/aromatic N) is 3. The van der Waals surface area contributed by atoms with Crippen LogP contribution in [0.5, 0.6) is 0 Å². The van der Waals surface area contributed by atoms with Gasteiger partial charge in [-0.2, -0.15) is 0 Å². The third-order valence-electron chi connectivity index (χ3n) is 2.28. The first-order valence-corrected chi connectivity index (χ1v) is 5.54. The number of hydrogen-bond acceptors (Lipinski definition) is 4. The summed E-state index contributed by atoms with van der Waals surface area (Å²) in [5.41, 5.74) is 7.41. The summed E-state index contributed by atoms with van der Waals surface area (Å²) in [4.78, 5) is 0. The average molecular weight is 282 g/mol. The molecule has 1 aromatic carbocycles. The molecule has 0 radical (unpaired) electrons. The first-order chi connectivity index (χ1) is 7.61. The van der Waals surface area contributed by atoms with E-state index in [2.05, 4.69) is 31.4 Å². The maximum Gasteiger partial charge on any atom is 0.224 e. The third-order valence-corrected chi connectivity index (χ3v) is 2.73. The zero-order chi connectivity index (χ0) is 11.7. The van der Waals surface area contributed by atoms with Crippen molar-refractivity contribution in [1.82, 2.24) is 14.8 Å². The lowest BCUT2D eigenvalue weighted by molar-refractivity contribution is 0.925. The van der Waals surface area contributed by atoms with Crippen LogP contribution in [-0.2, 0) is 7.05 Å². The van der Waals surface area contributed by atoms with Crippen molar-refractivity contribution in [2.75, 3.05) is 18.1 Å². The normalized spacial score (nSPS) is 10.4. The summed E-state index contributed by atoms with van der Waals surface area (Å²) in [5, 5.41) is 11.1. The molecule has 0 atom stereocenters. The first kappa shape index (κ1) is 10.9. The van der Waals surface area contributed by atoms with Gasteiger partial charge in [0, 0.05) is 29.8 Å². The van der Waals surface area contributed by atoms with Gasteiger partial charge in [0.05, 0.1) is 0 Å². The summed E-state index contributed by atoms with van der Waals surface area (Å²) in [6.07, 6.45) is 0. The van der Waals surface area contributed by atoms with E-state index in [0.717, 1.165) is 15.9 Å². The van der Waals surface area contributed by atoms with Crippen molar-refractivity contribution >= 4 is 27.6 Å². The predicted octanol–water partition coefficient (Wildman–Crippen LogP) is 1.87. The molecule has 1 aromatic heterocycles. The molecule has 0 amide bonds. The Morgan fingerprint density at radius 2 is 2.06 bits per heavy atom. The van der Waals surface area contributed by atoms with E-state index in [9.17, 15) is 0 Å². The van der Waals surface area contributed by atoms with Crippen molar-refractivity contribution < 1.29 is 0 Å². The molecule has 0 saturated carbocycles. The van der Waals surface area contributed by atoms with Crippen LogP contribution >= 0.6 is 15.9 Å². The minimum atomic E-state index is 0.693.